The maximum absolute atomic E-state index is 14.1. The van der Waals surface area contributed by atoms with Crippen LogP contribution in [-0.2, 0) is 95.0 Å². The van der Waals surface area contributed by atoms with Gasteiger partial charge < -0.3 is 141 Å². The molecule has 38 unspecified atom stereocenters. The van der Waals surface area contributed by atoms with Crippen LogP contribution in [-0.4, -0.2) is 382 Å². The fourth-order valence-electron chi connectivity index (χ4n) is 20.2. The van der Waals surface area contributed by atoms with Gasteiger partial charge in [-0.2, -0.15) is 0 Å². The molecule has 762 valence electrons. The molecule has 9 aliphatic rings. The first-order chi connectivity index (χ1) is 60.6. The summed E-state index contributed by atoms with van der Waals surface area (Å²) < 4.78 is 98.2. The molecule has 0 amide bonds. The Bertz CT molecular complexity index is 3460. The Morgan fingerprint density at radius 3 is 1.18 bits per heavy atom. The molecular weight excluding hydrogens is 1760 g/mol. The summed E-state index contributed by atoms with van der Waals surface area (Å²) in [6.07, 6.45) is -4.28. The van der Waals surface area contributed by atoms with E-state index in [-0.39, 0.29) is 87.7 Å². The Morgan fingerprint density at radius 1 is 0.450 bits per heavy atom. The van der Waals surface area contributed by atoms with Crippen LogP contribution in [0.3, 0.4) is 0 Å². The number of carbonyl (C=O) groups excluding carboxylic acids is 4. The van der Waals surface area contributed by atoms with E-state index < -0.39 is 231 Å². The van der Waals surface area contributed by atoms with Crippen molar-refractivity contribution in [2.24, 2.45) is 47.3 Å². The van der Waals surface area contributed by atoms with E-state index in [1.54, 1.807) is 71.0 Å². The van der Waals surface area contributed by atoms with E-state index in [1.807, 2.05) is 93.5 Å². The predicted molar refractivity (Wildman–Crippen MR) is 498 cm³/mol. The van der Waals surface area contributed by atoms with Crippen LogP contribution < -0.4 is 0 Å². The number of allylic oxidation sites excluding steroid dienone is 6. The number of aliphatic hydroxyl groups is 9. The number of ketones is 2. The number of cyclic esters (lactones) is 2. The lowest BCUT2D eigenvalue weighted by Gasteiger charge is -2.50. The minimum atomic E-state index is -1.47. The molecular formula is C97H173BrN4O29. The minimum absolute atomic E-state index is 0. The van der Waals surface area contributed by atoms with Crippen LogP contribution in [0.1, 0.15) is 208 Å². The molecule has 7 fully saturated rings. The van der Waals surface area contributed by atoms with Gasteiger partial charge in [-0.15, -0.1) is 17.0 Å². The first-order valence-corrected chi connectivity index (χ1v) is 47.3. The van der Waals surface area contributed by atoms with Crippen LogP contribution in [0.5, 0.6) is 0 Å². The van der Waals surface area contributed by atoms with Gasteiger partial charge in [0, 0.05) is 70.4 Å². The van der Waals surface area contributed by atoms with Gasteiger partial charge in [0.1, 0.15) is 73.2 Å². The molecule has 9 aliphatic heterocycles. The molecule has 9 N–H and O–H groups in total. The van der Waals surface area contributed by atoms with Gasteiger partial charge in [0.2, 0.25) is 0 Å². The first-order valence-electron chi connectivity index (χ1n) is 47.3. The molecule has 0 aliphatic carbocycles. The third kappa shape index (κ3) is 32.6. The molecule has 38 atom stereocenters. The van der Waals surface area contributed by atoms with E-state index in [1.165, 1.54) is 48.2 Å². The van der Waals surface area contributed by atoms with Gasteiger partial charge in [-0.3, -0.25) is 19.2 Å². The number of halogens is 1. The Hall–Kier alpha value is -3.36. The predicted octanol–water partition coefficient (Wildman–Crippen LogP) is 7.82. The molecule has 9 heterocycles. The standard InChI is InChI=1S/C51H88N2O16.C44H76N2O13.2CH4.BrH/c1-13-38-35(27-63-50-47(62-12)46(61-11)42(57)31(5)65-50)23-28(2)17-18-36(54)29(3)24-34(19-22-53-20-15-14-16-21-53)44(30(4)37(55)25-39(56)67-38)69-49-43(58)41(52(9)10)45(32(6)66-49)68-40-26-51(8,60)48(59)33(7)64-40;1-11-34-31(24-55-44-42(54-10)41(53-9)38(51)29(6)57-44)21-25(2)15-16-32(47)26(3)22-30(17-20-46-18-13-12-14-19-46)40(27(4)33(48)23-35(49)58-34)59-43-39(52)36(45(7)8)37(50)28(5)56-43;;;/h17-18,23,29-35,37-38,40-50,55,57-60H,13-16,19-22,24-27H2,1-12H3;15-16,21,26-31,33-34,36-44,48,50-52H,11-14,17-20,22-24H2,1-10H3;2*1H4;1H/b18-17+,28-23+;16-15+,25-21+;;;. The normalized spacial score (nSPS) is 43.1. The lowest BCUT2D eigenvalue weighted by Crippen LogP contribution is -2.65. The highest BCUT2D eigenvalue weighted by Gasteiger charge is 2.54. The van der Waals surface area contributed by atoms with Gasteiger partial charge in [0.05, 0.1) is 105 Å². The summed E-state index contributed by atoms with van der Waals surface area (Å²) in [5.74, 6) is -5.22. The van der Waals surface area contributed by atoms with Crippen molar-refractivity contribution in [3.63, 3.8) is 0 Å². The average Bonchev–Trinajstić information content (AvgIpc) is 0.659. The largest absolute Gasteiger partial charge is 0.462 e. The summed E-state index contributed by atoms with van der Waals surface area (Å²) in [6, 6.07) is -1.36. The average molecular weight is 1940 g/mol. The van der Waals surface area contributed by atoms with Crippen molar-refractivity contribution in [2.75, 3.05) is 109 Å². The number of methoxy groups -OCH3 is 4. The third-order valence-corrected chi connectivity index (χ3v) is 28.3. The van der Waals surface area contributed by atoms with Crippen LogP contribution in [0, 0.1) is 47.3 Å². The summed E-state index contributed by atoms with van der Waals surface area (Å²) in [5, 5.41) is 102. The molecule has 0 aromatic carbocycles. The molecule has 7 saturated heterocycles. The van der Waals surface area contributed by atoms with Gasteiger partial charge in [0.15, 0.2) is 43.0 Å². The van der Waals surface area contributed by atoms with E-state index in [0.29, 0.717) is 38.5 Å². The topological polar surface area (TPSA) is 411 Å². The number of hydrogen-bond acceptors (Lipinski definition) is 33. The van der Waals surface area contributed by atoms with Crippen LogP contribution in [0.2, 0.25) is 0 Å². The highest BCUT2D eigenvalue weighted by atomic mass is 79.9. The van der Waals surface area contributed by atoms with Crippen molar-refractivity contribution < 1.29 is 141 Å². The van der Waals surface area contributed by atoms with Crippen molar-refractivity contribution in [3.05, 3.63) is 47.6 Å². The van der Waals surface area contributed by atoms with Crippen LogP contribution in [0.15, 0.2) is 47.6 Å². The van der Waals surface area contributed by atoms with Gasteiger partial charge >= 0.3 is 11.9 Å². The van der Waals surface area contributed by atoms with Crippen molar-refractivity contribution >= 4 is 40.5 Å². The zero-order chi connectivity index (χ0) is 94.5. The highest BCUT2D eigenvalue weighted by Crippen LogP contribution is 2.41. The molecule has 9 rings (SSSR count). The fourth-order valence-corrected chi connectivity index (χ4v) is 20.2. The van der Waals surface area contributed by atoms with Gasteiger partial charge in [-0.25, -0.2) is 0 Å². The van der Waals surface area contributed by atoms with E-state index in [2.05, 4.69) is 9.80 Å². The minimum Gasteiger partial charge on any atom is -0.462 e. The number of ether oxygens (including phenoxy) is 16. The highest BCUT2D eigenvalue weighted by molar-refractivity contribution is 8.93. The zero-order valence-electron chi connectivity index (χ0n) is 81.0. The molecule has 0 saturated carbocycles. The number of likely N-dealkylation sites (tertiary alicyclic amines) is 2. The summed E-state index contributed by atoms with van der Waals surface area (Å²) in [5.41, 5.74) is 0.0424. The SMILES string of the molecule is Br.C.C.CCC1OC(=O)CC(O)C(C)C(OC2OC(C)C(O)C(N(C)C)C2O)C(CCN2CCCCC2)CC(C)C(=O)/C=C/C(C)=C/C1COC1OC(C)C(O)C(OC)C1OC.CCC1OC(=O)CC(O)C(C)C(OC2OC(C)C(OC3CC(C)(O)C(O)C(C)O3)C(N(C)C)C2O)C(CCN2CCCCC2)CC(C)C(=O)/C=C/C(C)=C/C1COC1OC(C)C(O)C(OC)C1OC. The second-order valence-corrected chi connectivity index (χ2v) is 38.7. The molecule has 0 bridgehead atoms. The molecule has 131 heavy (non-hydrogen) atoms. The quantitative estimate of drug-likeness (QED) is 0.0372. The maximum atomic E-state index is 14.1. The van der Waals surface area contributed by atoms with E-state index in [0.717, 1.165) is 76.1 Å². The van der Waals surface area contributed by atoms with E-state index in [4.69, 9.17) is 75.8 Å². The summed E-state index contributed by atoms with van der Waals surface area (Å²) in [7, 11) is 13.1. The molecule has 34 heteroatoms. The lowest BCUT2D eigenvalue weighted by molar-refractivity contribution is -0.342. The number of likely N-dealkylation sites (N-methyl/N-ethyl adjacent to an activating group) is 2. The zero-order valence-corrected chi connectivity index (χ0v) is 82.7. The van der Waals surface area contributed by atoms with Crippen molar-refractivity contribution in [3.8, 4) is 0 Å². The first kappa shape index (κ1) is 118. The van der Waals surface area contributed by atoms with Gasteiger partial charge in [0.25, 0.3) is 0 Å². The number of rotatable bonds is 26. The Kier molecular flexibility index (Phi) is 50.7. The smallest absolute Gasteiger partial charge is 0.308 e. The summed E-state index contributed by atoms with van der Waals surface area (Å²) in [6.45, 7) is 30.6. The summed E-state index contributed by atoms with van der Waals surface area (Å²) in [4.78, 5) is 64.3. The number of hydrogen-bond donors (Lipinski definition) is 9. The molecule has 0 aromatic rings. The van der Waals surface area contributed by atoms with Crippen LogP contribution >= 0.6 is 17.0 Å². The Balaban J connectivity index is 0.000000459. The van der Waals surface area contributed by atoms with Gasteiger partial charge in [-0.1, -0.05) is 105 Å². The fraction of sp³-hybridized carbons (Fsp3) is 0.876. The Morgan fingerprint density at radius 2 is 0.817 bits per heavy atom. The van der Waals surface area contributed by atoms with Crippen molar-refractivity contribution in [2.45, 2.75) is 392 Å². The molecule has 0 aromatic heterocycles. The number of nitrogens with zero attached hydrogens (tertiary/aromatic N) is 4. The number of aliphatic hydroxyl groups excluding tert-OH is 8. The monoisotopic (exact) mass is 1940 g/mol. The van der Waals surface area contributed by atoms with E-state index >= 15 is 0 Å². The third-order valence-electron chi connectivity index (χ3n) is 28.3. The lowest BCUT2D eigenvalue weighted by atomic mass is 9.79. The number of carbonyl (C=O) groups is 4. The number of esters is 2. The second kappa shape index (κ2) is 56.2. The Labute approximate surface area is 792 Å². The van der Waals surface area contributed by atoms with Crippen LogP contribution in [0.4, 0.5) is 0 Å². The van der Waals surface area contributed by atoms with Crippen LogP contribution in [0.25, 0.3) is 0 Å². The van der Waals surface area contributed by atoms with Crippen molar-refractivity contribution in [1.29, 1.82) is 0 Å². The summed E-state index contributed by atoms with van der Waals surface area (Å²) >= 11 is 0. The molecule has 0 radical (unpaired) electrons. The second-order valence-electron chi connectivity index (χ2n) is 38.7. The van der Waals surface area contributed by atoms with Crippen molar-refractivity contribution in [1.82, 2.24) is 19.6 Å². The maximum Gasteiger partial charge on any atom is 0.308 e. The molecule has 0 spiro atoms. The number of piperidine rings is 2. The van der Waals surface area contributed by atoms with Gasteiger partial charge in [-0.05, 0) is 211 Å². The molecule has 33 nitrogen and oxygen atoms in total. The van der Waals surface area contributed by atoms with E-state index in [9.17, 15) is 65.1 Å².